The molecule has 3 rings (SSSR count). The fourth-order valence-corrected chi connectivity index (χ4v) is 4.51. The lowest BCUT2D eigenvalue weighted by atomic mass is 10.0. The fraction of sp³-hybridized carbons (Fsp3) is 0.474. The number of rotatable bonds is 5. The average molecular weight is 407 g/mol. The van der Waals surface area contributed by atoms with E-state index in [1.807, 2.05) is 20.8 Å². The molecule has 0 radical (unpaired) electrons. The van der Waals surface area contributed by atoms with Crippen molar-refractivity contribution in [3.05, 3.63) is 40.8 Å². The van der Waals surface area contributed by atoms with E-state index in [2.05, 4.69) is 10.5 Å². The standard InChI is InChI=1S/C19H25N3O5S/c1-12(2)18-17(14(4)21-27-18)19(23)20-16-11-15(6-5-13(16)3)28(24,25)22-7-9-26-10-8-22/h5-6,11-12H,7-10H2,1-4H3,(H,20,23). The van der Waals surface area contributed by atoms with E-state index in [1.165, 1.54) is 10.4 Å². The van der Waals surface area contributed by atoms with E-state index in [-0.39, 0.29) is 16.7 Å². The summed E-state index contributed by atoms with van der Waals surface area (Å²) in [6.45, 7) is 8.72. The van der Waals surface area contributed by atoms with Crippen molar-refractivity contribution in [3.63, 3.8) is 0 Å². The van der Waals surface area contributed by atoms with Gasteiger partial charge in [-0.3, -0.25) is 4.79 Å². The number of nitrogens with zero attached hydrogens (tertiary/aromatic N) is 2. The molecule has 0 aliphatic carbocycles. The van der Waals surface area contributed by atoms with Crippen LogP contribution in [0.2, 0.25) is 0 Å². The van der Waals surface area contributed by atoms with E-state index in [4.69, 9.17) is 9.26 Å². The summed E-state index contributed by atoms with van der Waals surface area (Å²) >= 11 is 0. The molecule has 28 heavy (non-hydrogen) atoms. The SMILES string of the molecule is Cc1ccc(S(=O)(=O)N2CCOCC2)cc1NC(=O)c1c(C)noc1C(C)C. The monoisotopic (exact) mass is 407 g/mol. The third-order valence-electron chi connectivity index (χ3n) is 4.71. The van der Waals surface area contributed by atoms with Crippen LogP contribution < -0.4 is 5.32 Å². The molecule has 1 aromatic carbocycles. The second kappa shape index (κ2) is 8.02. The highest BCUT2D eigenvalue weighted by Gasteiger charge is 2.28. The lowest BCUT2D eigenvalue weighted by molar-refractivity contribution is 0.0730. The lowest BCUT2D eigenvalue weighted by Crippen LogP contribution is -2.40. The number of aryl methyl sites for hydroxylation is 2. The number of aromatic nitrogens is 1. The number of benzene rings is 1. The predicted molar refractivity (Wildman–Crippen MR) is 104 cm³/mol. The Morgan fingerprint density at radius 2 is 1.89 bits per heavy atom. The number of morpholine rings is 1. The summed E-state index contributed by atoms with van der Waals surface area (Å²) in [5.74, 6) is 0.132. The molecule has 8 nitrogen and oxygen atoms in total. The maximum Gasteiger partial charge on any atom is 0.261 e. The molecule has 9 heteroatoms. The minimum Gasteiger partial charge on any atom is -0.379 e. The highest BCUT2D eigenvalue weighted by Crippen LogP contribution is 2.27. The number of amides is 1. The van der Waals surface area contributed by atoms with Crippen molar-refractivity contribution in [2.24, 2.45) is 0 Å². The first-order chi connectivity index (χ1) is 13.2. The Bertz CT molecular complexity index is 975. The van der Waals surface area contributed by atoms with Gasteiger partial charge in [0.2, 0.25) is 10.0 Å². The van der Waals surface area contributed by atoms with Gasteiger partial charge in [0.25, 0.3) is 5.91 Å². The van der Waals surface area contributed by atoms with Gasteiger partial charge in [-0.25, -0.2) is 8.42 Å². The van der Waals surface area contributed by atoms with E-state index in [1.54, 1.807) is 19.1 Å². The molecule has 1 aliphatic rings. The van der Waals surface area contributed by atoms with Crippen molar-refractivity contribution in [3.8, 4) is 0 Å². The predicted octanol–water partition coefficient (Wildman–Crippen LogP) is 2.69. The van der Waals surface area contributed by atoms with E-state index in [9.17, 15) is 13.2 Å². The van der Waals surface area contributed by atoms with Crippen LogP contribution in [0.4, 0.5) is 5.69 Å². The molecule has 0 atom stereocenters. The summed E-state index contributed by atoms with van der Waals surface area (Å²) in [7, 11) is -3.65. The zero-order valence-corrected chi connectivity index (χ0v) is 17.3. The number of carbonyl (C=O) groups excluding carboxylic acids is 1. The Morgan fingerprint density at radius 3 is 2.54 bits per heavy atom. The van der Waals surface area contributed by atoms with Crippen molar-refractivity contribution >= 4 is 21.6 Å². The van der Waals surface area contributed by atoms with Crippen molar-refractivity contribution in [1.82, 2.24) is 9.46 Å². The lowest BCUT2D eigenvalue weighted by Gasteiger charge is -2.26. The largest absolute Gasteiger partial charge is 0.379 e. The molecule has 2 aromatic rings. The van der Waals surface area contributed by atoms with Gasteiger partial charge in [-0.2, -0.15) is 4.31 Å². The van der Waals surface area contributed by atoms with Gasteiger partial charge in [0.1, 0.15) is 5.56 Å². The van der Waals surface area contributed by atoms with Crippen molar-refractivity contribution < 1.29 is 22.5 Å². The third kappa shape index (κ3) is 3.96. The first-order valence-electron chi connectivity index (χ1n) is 9.18. The van der Waals surface area contributed by atoms with E-state index >= 15 is 0 Å². The topological polar surface area (TPSA) is 102 Å². The van der Waals surface area contributed by atoms with Crippen molar-refractivity contribution in [2.75, 3.05) is 31.6 Å². The van der Waals surface area contributed by atoms with E-state index in [0.29, 0.717) is 49.0 Å². The van der Waals surface area contributed by atoms with E-state index < -0.39 is 10.0 Å². The Morgan fingerprint density at radius 1 is 1.21 bits per heavy atom. The second-order valence-corrected chi connectivity index (χ2v) is 9.05. The van der Waals surface area contributed by atoms with Gasteiger partial charge in [-0.05, 0) is 31.5 Å². The molecule has 1 fully saturated rings. The molecule has 0 spiro atoms. The van der Waals surface area contributed by atoms with Crippen LogP contribution in [-0.2, 0) is 14.8 Å². The Balaban J connectivity index is 1.90. The second-order valence-electron chi connectivity index (χ2n) is 7.11. The summed E-state index contributed by atoms with van der Waals surface area (Å²) < 4.78 is 37.7. The molecule has 0 saturated carbocycles. The number of nitrogens with one attached hydrogen (secondary N) is 1. The number of sulfonamides is 1. The number of hydrogen-bond donors (Lipinski definition) is 1. The van der Waals surface area contributed by atoms with Crippen LogP contribution in [-0.4, -0.2) is 50.1 Å². The van der Waals surface area contributed by atoms with Crippen LogP contribution >= 0.6 is 0 Å². The van der Waals surface area contributed by atoms with Crippen molar-refractivity contribution in [1.29, 1.82) is 0 Å². The Labute approximate surface area is 164 Å². The number of anilines is 1. The first kappa shape index (κ1) is 20.5. The average Bonchev–Trinajstić information content (AvgIpc) is 3.06. The van der Waals surface area contributed by atoms with Crippen LogP contribution in [0.5, 0.6) is 0 Å². The molecule has 1 saturated heterocycles. The highest BCUT2D eigenvalue weighted by atomic mass is 32.2. The van der Waals surface area contributed by atoms with E-state index in [0.717, 1.165) is 5.56 Å². The number of hydrogen-bond acceptors (Lipinski definition) is 6. The smallest absolute Gasteiger partial charge is 0.261 e. The van der Waals surface area contributed by atoms with Crippen LogP contribution in [0.25, 0.3) is 0 Å². The summed E-state index contributed by atoms with van der Waals surface area (Å²) in [5, 5.41) is 6.71. The van der Waals surface area contributed by atoms with Gasteiger partial charge in [-0.15, -0.1) is 0 Å². The summed E-state index contributed by atoms with van der Waals surface area (Å²) in [6.07, 6.45) is 0. The van der Waals surface area contributed by atoms with Gasteiger partial charge in [-0.1, -0.05) is 25.1 Å². The van der Waals surface area contributed by atoms with Gasteiger partial charge in [0, 0.05) is 24.7 Å². The van der Waals surface area contributed by atoms with Crippen LogP contribution in [0.3, 0.4) is 0 Å². The van der Waals surface area contributed by atoms with Gasteiger partial charge < -0.3 is 14.6 Å². The number of carbonyl (C=O) groups is 1. The quantitative estimate of drug-likeness (QED) is 0.818. The zero-order valence-electron chi connectivity index (χ0n) is 16.5. The van der Waals surface area contributed by atoms with Crippen LogP contribution in [0.15, 0.2) is 27.6 Å². The molecular weight excluding hydrogens is 382 g/mol. The molecule has 1 aliphatic heterocycles. The third-order valence-corrected chi connectivity index (χ3v) is 6.60. The van der Waals surface area contributed by atoms with Gasteiger partial charge in [0.15, 0.2) is 5.76 Å². The fourth-order valence-electron chi connectivity index (χ4n) is 3.07. The number of ether oxygens (including phenoxy) is 1. The molecule has 1 aromatic heterocycles. The Hall–Kier alpha value is -2.23. The Kier molecular flexibility index (Phi) is 5.87. The molecule has 1 N–H and O–H groups in total. The maximum atomic E-state index is 12.9. The van der Waals surface area contributed by atoms with Crippen molar-refractivity contribution in [2.45, 2.75) is 38.5 Å². The first-order valence-corrected chi connectivity index (χ1v) is 10.6. The maximum absolute atomic E-state index is 12.9. The van der Waals surface area contributed by atoms with Gasteiger partial charge >= 0.3 is 0 Å². The minimum absolute atomic E-state index is 0.00363. The zero-order chi connectivity index (χ0) is 20.5. The molecule has 0 bridgehead atoms. The van der Waals surface area contributed by atoms with Crippen LogP contribution in [0.1, 0.15) is 47.1 Å². The molecule has 2 heterocycles. The molecule has 0 unspecified atom stereocenters. The molecule has 152 valence electrons. The minimum atomic E-state index is -3.65. The van der Waals surface area contributed by atoms with Gasteiger partial charge in [0.05, 0.1) is 23.8 Å². The molecular formula is C19H25N3O5S. The highest BCUT2D eigenvalue weighted by molar-refractivity contribution is 7.89. The summed E-state index contributed by atoms with van der Waals surface area (Å²) in [5.41, 5.74) is 2.08. The molecule has 1 amide bonds. The normalized spacial score (nSPS) is 15.8. The summed E-state index contributed by atoms with van der Waals surface area (Å²) in [4.78, 5) is 13.0. The summed E-state index contributed by atoms with van der Waals surface area (Å²) in [6, 6.07) is 4.74. The van der Waals surface area contributed by atoms with Crippen LogP contribution in [0, 0.1) is 13.8 Å².